The van der Waals surface area contributed by atoms with Crippen molar-refractivity contribution >= 4 is 55.8 Å². The normalized spacial score (nSPS) is 12.0. The number of rotatable bonds is 8. The van der Waals surface area contributed by atoms with Crippen molar-refractivity contribution in [2.45, 2.75) is 16.5 Å². The number of nitrogens with one attached hydrogen (secondary N) is 2. The van der Waals surface area contributed by atoms with E-state index < -0.39 is 0 Å². The Bertz CT molecular complexity index is 636. The molecule has 0 aliphatic carbocycles. The quantitative estimate of drug-likeness (QED) is 0.506. The summed E-state index contributed by atoms with van der Waals surface area (Å²) in [5, 5.41) is 14.6. The molecule has 124 valence electrons. The molecule has 1 aromatic carbocycles. The van der Waals surface area contributed by atoms with Crippen LogP contribution in [0.15, 0.2) is 33.1 Å². The number of carbonyl (C=O) groups is 1. The lowest BCUT2D eigenvalue weighted by atomic mass is 10.3. The van der Waals surface area contributed by atoms with Crippen LogP contribution in [0.2, 0.25) is 0 Å². The molecule has 1 aromatic heterocycles. The van der Waals surface area contributed by atoms with Gasteiger partial charge in [-0.2, -0.15) is 0 Å². The third-order valence-corrected chi connectivity index (χ3v) is 5.34. The van der Waals surface area contributed by atoms with Crippen molar-refractivity contribution < 1.29 is 9.53 Å². The molecule has 0 bridgehead atoms. The van der Waals surface area contributed by atoms with Crippen molar-refractivity contribution in [2.24, 2.45) is 0 Å². The summed E-state index contributed by atoms with van der Waals surface area (Å²) in [5.74, 6) is -0.0681. The van der Waals surface area contributed by atoms with E-state index in [4.69, 9.17) is 4.74 Å². The maximum atomic E-state index is 12.2. The molecule has 0 saturated heterocycles. The van der Waals surface area contributed by atoms with Gasteiger partial charge in [0.1, 0.15) is 0 Å². The molecular formula is C14H17BrN4O2S2. The highest BCUT2D eigenvalue weighted by atomic mass is 79.9. The Morgan fingerprint density at radius 3 is 2.83 bits per heavy atom. The van der Waals surface area contributed by atoms with Gasteiger partial charge in [-0.15, -0.1) is 10.2 Å². The number of thioether (sulfide) groups is 1. The maximum absolute atomic E-state index is 12.2. The third kappa shape index (κ3) is 6.09. The minimum atomic E-state index is -0.265. The highest BCUT2D eigenvalue weighted by Crippen LogP contribution is 2.29. The van der Waals surface area contributed by atoms with Gasteiger partial charge < -0.3 is 15.4 Å². The van der Waals surface area contributed by atoms with Crippen LogP contribution in [-0.4, -0.2) is 41.6 Å². The Hall–Kier alpha value is -1.16. The first-order chi connectivity index (χ1) is 11.1. The average molecular weight is 417 g/mol. The monoisotopic (exact) mass is 416 g/mol. The lowest BCUT2D eigenvalue weighted by molar-refractivity contribution is -0.115. The number of nitrogens with zero attached hydrogens (tertiary/aromatic N) is 2. The molecule has 1 atom stereocenters. The Kier molecular flexibility index (Phi) is 7.28. The van der Waals surface area contributed by atoms with Gasteiger partial charge in [0.25, 0.3) is 0 Å². The fourth-order valence-corrected chi connectivity index (χ4v) is 3.76. The van der Waals surface area contributed by atoms with Crippen LogP contribution in [0.4, 0.5) is 10.8 Å². The molecule has 1 amide bonds. The lowest BCUT2D eigenvalue weighted by Crippen LogP contribution is -2.22. The van der Waals surface area contributed by atoms with Crippen LogP contribution in [0.25, 0.3) is 0 Å². The van der Waals surface area contributed by atoms with Crippen molar-refractivity contribution in [1.82, 2.24) is 10.2 Å². The second-order valence-electron chi connectivity index (χ2n) is 4.55. The van der Waals surface area contributed by atoms with Gasteiger partial charge in [-0.25, -0.2) is 0 Å². The zero-order valence-electron chi connectivity index (χ0n) is 12.7. The number of carbonyl (C=O) groups excluding carboxylic acids is 1. The summed E-state index contributed by atoms with van der Waals surface area (Å²) in [4.78, 5) is 12.2. The number of anilines is 2. The zero-order valence-corrected chi connectivity index (χ0v) is 15.9. The van der Waals surface area contributed by atoms with Gasteiger partial charge in [-0.1, -0.05) is 39.0 Å². The smallest absolute Gasteiger partial charge is 0.237 e. The van der Waals surface area contributed by atoms with Gasteiger partial charge in [0, 0.05) is 23.8 Å². The number of halogens is 1. The van der Waals surface area contributed by atoms with Crippen LogP contribution in [0, 0.1) is 0 Å². The second kappa shape index (κ2) is 9.21. The molecule has 0 fully saturated rings. The topological polar surface area (TPSA) is 76.1 Å². The minimum absolute atomic E-state index is 0.0681. The molecule has 9 heteroatoms. The SMILES string of the molecule is COCCNc1nnc(S[C@H](C)C(=O)Nc2ccc(Br)cc2)s1. The molecule has 0 aliphatic heterocycles. The first-order valence-corrected chi connectivity index (χ1v) is 9.37. The summed E-state index contributed by atoms with van der Waals surface area (Å²) in [6, 6.07) is 7.47. The number of hydrogen-bond donors (Lipinski definition) is 2. The average Bonchev–Trinajstić information content (AvgIpc) is 2.97. The Morgan fingerprint density at radius 1 is 1.39 bits per heavy atom. The Labute approximate surface area is 151 Å². The fourth-order valence-electron chi connectivity index (χ4n) is 1.57. The highest BCUT2D eigenvalue weighted by molar-refractivity contribution is 9.10. The molecule has 2 rings (SSSR count). The number of hydrogen-bond acceptors (Lipinski definition) is 7. The van der Waals surface area contributed by atoms with Gasteiger partial charge in [0.2, 0.25) is 11.0 Å². The standard InChI is InChI=1S/C14H17BrN4O2S2/c1-9(12(20)17-11-5-3-10(15)4-6-11)22-14-19-18-13(23-14)16-7-8-21-2/h3-6,9H,7-8H2,1-2H3,(H,16,18)(H,17,20)/t9-/m1/s1. The van der Waals surface area contributed by atoms with E-state index >= 15 is 0 Å². The molecule has 2 N–H and O–H groups in total. The van der Waals surface area contributed by atoms with Crippen LogP contribution in [0.5, 0.6) is 0 Å². The highest BCUT2D eigenvalue weighted by Gasteiger charge is 2.17. The van der Waals surface area contributed by atoms with Gasteiger partial charge in [0.05, 0.1) is 11.9 Å². The molecule has 6 nitrogen and oxygen atoms in total. The van der Waals surface area contributed by atoms with Crippen molar-refractivity contribution in [3.8, 4) is 0 Å². The van der Waals surface area contributed by atoms with Gasteiger partial charge in [-0.3, -0.25) is 4.79 Å². The molecule has 0 unspecified atom stereocenters. The molecule has 0 aliphatic rings. The molecule has 23 heavy (non-hydrogen) atoms. The van der Waals surface area contributed by atoms with Crippen molar-refractivity contribution in [3.05, 3.63) is 28.7 Å². The number of ether oxygens (including phenoxy) is 1. The fraction of sp³-hybridized carbons (Fsp3) is 0.357. The molecule has 0 spiro atoms. The van der Waals surface area contributed by atoms with E-state index in [-0.39, 0.29) is 11.2 Å². The van der Waals surface area contributed by atoms with Gasteiger partial charge >= 0.3 is 0 Å². The summed E-state index contributed by atoms with van der Waals surface area (Å²) < 4.78 is 6.69. The van der Waals surface area contributed by atoms with Crippen LogP contribution in [-0.2, 0) is 9.53 Å². The zero-order chi connectivity index (χ0) is 16.7. The lowest BCUT2D eigenvalue weighted by Gasteiger charge is -2.10. The van der Waals surface area contributed by atoms with E-state index in [9.17, 15) is 4.79 Å². The summed E-state index contributed by atoms with van der Waals surface area (Å²) in [7, 11) is 1.65. The number of aromatic nitrogens is 2. The minimum Gasteiger partial charge on any atom is -0.383 e. The first kappa shape index (κ1) is 18.2. The summed E-state index contributed by atoms with van der Waals surface area (Å²) in [5.41, 5.74) is 0.768. The predicted molar refractivity (Wildman–Crippen MR) is 98.4 cm³/mol. The number of methoxy groups -OCH3 is 1. The van der Waals surface area contributed by atoms with E-state index in [0.29, 0.717) is 13.2 Å². The summed E-state index contributed by atoms with van der Waals surface area (Å²) >= 11 is 6.18. The van der Waals surface area contributed by atoms with E-state index in [0.717, 1.165) is 19.6 Å². The van der Waals surface area contributed by atoms with Crippen molar-refractivity contribution in [2.75, 3.05) is 30.9 Å². The predicted octanol–water partition coefficient (Wildman–Crippen LogP) is 3.48. The summed E-state index contributed by atoms with van der Waals surface area (Å²) in [6.07, 6.45) is 0. The molecule has 0 saturated carbocycles. The maximum Gasteiger partial charge on any atom is 0.237 e. The van der Waals surface area contributed by atoms with Crippen LogP contribution in [0.1, 0.15) is 6.92 Å². The van der Waals surface area contributed by atoms with E-state index in [2.05, 4.69) is 36.8 Å². The van der Waals surface area contributed by atoms with Crippen molar-refractivity contribution in [3.63, 3.8) is 0 Å². The van der Waals surface area contributed by atoms with E-state index in [1.54, 1.807) is 7.11 Å². The molecule has 0 radical (unpaired) electrons. The van der Waals surface area contributed by atoms with Crippen LogP contribution < -0.4 is 10.6 Å². The largest absolute Gasteiger partial charge is 0.383 e. The summed E-state index contributed by atoms with van der Waals surface area (Å²) in [6.45, 7) is 3.13. The van der Waals surface area contributed by atoms with E-state index in [1.165, 1.54) is 23.1 Å². The van der Waals surface area contributed by atoms with Crippen LogP contribution >= 0.6 is 39.0 Å². The third-order valence-electron chi connectivity index (χ3n) is 2.75. The first-order valence-electron chi connectivity index (χ1n) is 6.88. The Morgan fingerprint density at radius 2 is 2.13 bits per heavy atom. The Balaban J connectivity index is 1.84. The molecular weight excluding hydrogens is 400 g/mol. The molecule has 1 heterocycles. The van der Waals surface area contributed by atoms with Crippen LogP contribution in [0.3, 0.4) is 0 Å². The second-order valence-corrected chi connectivity index (χ2v) is 8.03. The van der Waals surface area contributed by atoms with E-state index in [1.807, 2.05) is 31.2 Å². The molecule has 2 aromatic rings. The number of benzene rings is 1. The van der Waals surface area contributed by atoms with Crippen molar-refractivity contribution in [1.29, 1.82) is 0 Å². The van der Waals surface area contributed by atoms with Gasteiger partial charge in [0.15, 0.2) is 4.34 Å². The number of amides is 1. The van der Waals surface area contributed by atoms with Gasteiger partial charge in [-0.05, 0) is 31.2 Å².